The maximum atomic E-state index is 11.2. The lowest BCUT2D eigenvalue weighted by Gasteiger charge is -2.17. The van der Waals surface area contributed by atoms with Gasteiger partial charge in [0, 0.05) is 0 Å². The first kappa shape index (κ1) is 14.0. The number of rotatable bonds is 4. The minimum Gasteiger partial charge on any atom is -0.480 e. The van der Waals surface area contributed by atoms with Crippen LogP contribution < -0.4 is 16.8 Å². The van der Waals surface area contributed by atoms with Gasteiger partial charge < -0.3 is 21.9 Å². The summed E-state index contributed by atoms with van der Waals surface area (Å²) in [5, 5.41) is 10.1. The molecule has 0 heterocycles. The van der Waals surface area contributed by atoms with Gasteiger partial charge in [0.15, 0.2) is 0 Å². The molecule has 0 aliphatic heterocycles. The average Bonchev–Trinajstić information content (AvgIpc) is 2.25. The van der Waals surface area contributed by atoms with E-state index in [1.165, 1.54) is 0 Å². The number of carbonyl (C=O) groups is 4. The van der Waals surface area contributed by atoms with Crippen LogP contribution in [0.25, 0.3) is 0 Å². The Morgan fingerprint density at radius 1 is 1.06 bits per heavy atom. The molecule has 0 aromatic rings. The Hall–Kier alpha value is -2.00. The van der Waals surface area contributed by atoms with Crippen molar-refractivity contribution in [3.63, 3.8) is 0 Å². The molecule has 0 aromatic heterocycles. The van der Waals surface area contributed by atoms with Gasteiger partial charge in [-0.25, -0.2) is 4.79 Å². The minimum atomic E-state index is -1.31. The van der Waals surface area contributed by atoms with E-state index in [4.69, 9.17) is 16.6 Å². The number of aliphatic carboxylic acids is 1. The van der Waals surface area contributed by atoms with Gasteiger partial charge in [0.25, 0.3) is 11.8 Å². The quantitative estimate of drug-likeness (QED) is 0.403. The molecule has 90 valence electrons. The number of nitrogens with two attached hydrogens (primary N) is 2. The lowest BCUT2D eigenvalue weighted by Crippen LogP contribution is -2.52. The van der Waals surface area contributed by atoms with Crippen LogP contribution in [0.1, 0.15) is 0 Å². The molecule has 0 saturated carbocycles. The lowest BCUT2D eigenvalue weighted by molar-refractivity contribution is -0.140. The number of hydrogen-bond acceptors (Lipinski definition) is 6. The fourth-order valence-corrected chi connectivity index (χ4v) is 0.778. The highest BCUT2D eigenvalue weighted by atomic mass is 16.4. The number of amides is 4. The van der Waals surface area contributed by atoms with Crippen molar-refractivity contribution >= 4 is 23.8 Å². The number of imide groups is 3. The van der Waals surface area contributed by atoms with E-state index < -0.39 is 43.4 Å². The summed E-state index contributed by atoms with van der Waals surface area (Å²) in [6.45, 7) is -1.84. The predicted octanol–water partition coefficient (Wildman–Crippen LogP) is -2.95. The van der Waals surface area contributed by atoms with Crippen LogP contribution in [0, 0.1) is 0 Å². The van der Waals surface area contributed by atoms with Crippen molar-refractivity contribution in [2.24, 2.45) is 11.5 Å². The van der Waals surface area contributed by atoms with E-state index in [0.717, 1.165) is 0 Å². The van der Waals surface area contributed by atoms with E-state index in [2.05, 4.69) is 0 Å². The van der Waals surface area contributed by atoms with Crippen molar-refractivity contribution in [3.05, 3.63) is 0 Å². The number of hydrogen-bond donors (Lipinski definition) is 4. The first-order valence-corrected chi connectivity index (χ1v) is 4.19. The van der Waals surface area contributed by atoms with Gasteiger partial charge in [0.05, 0.1) is 13.1 Å². The highest BCUT2D eigenvalue weighted by Gasteiger charge is 2.26. The van der Waals surface area contributed by atoms with Gasteiger partial charge in [0.1, 0.15) is 6.54 Å². The second kappa shape index (κ2) is 6.48. The molecule has 0 aliphatic rings. The second-order valence-corrected chi connectivity index (χ2v) is 2.58. The van der Waals surface area contributed by atoms with E-state index in [0.29, 0.717) is 0 Å². The molecule has 0 spiro atoms. The molecule has 0 saturated heterocycles. The number of carboxylic acids is 1. The van der Waals surface area contributed by atoms with E-state index in [1.807, 2.05) is 5.32 Å². The molecule has 0 atom stereocenters. The van der Waals surface area contributed by atoms with Gasteiger partial charge in [-0.05, 0) is 0 Å². The Morgan fingerprint density at radius 3 is 1.81 bits per heavy atom. The predicted molar refractivity (Wildman–Crippen MR) is 51.0 cm³/mol. The van der Waals surface area contributed by atoms with Gasteiger partial charge in [0.2, 0.25) is 0 Å². The van der Waals surface area contributed by atoms with E-state index >= 15 is 0 Å². The third-order valence-electron chi connectivity index (χ3n) is 1.44. The van der Waals surface area contributed by atoms with Crippen molar-refractivity contribution < 1.29 is 24.3 Å². The van der Waals surface area contributed by atoms with Gasteiger partial charge in [-0.15, -0.1) is 0 Å². The molecule has 0 rings (SSSR count). The van der Waals surface area contributed by atoms with Crippen molar-refractivity contribution in [1.82, 2.24) is 10.2 Å². The monoisotopic (exact) mass is 232 g/mol. The summed E-state index contributed by atoms with van der Waals surface area (Å²) in [5.74, 6) is -3.23. The Bertz CT molecular complexity index is 300. The van der Waals surface area contributed by atoms with Gasteiger partial charge in [-0.2, -0.15) is 4.90 Å². The summed E-state index contributed by atoms with van der Waals surface area (Å²) in [7, 11) is 0. The third-order valence-corrected chi connectivity index (χ3v) is 1.44. The molecular formula is C7H12N4O5. The zero-order chi connectivity index (χ0) is 12.7. The molecule has 16 heavy (non-hydrogen) atoms. The lowest BCUT2D eigenvalue weighted by atomic mass is 10.4. The summed E-state index contributed by atoms with van der Waals surface area (Å²) < 4.78 is 0. The van der Waals surface area contributed by atoms with Crippen LogP contribution in [-0.4, -0.2) is 53.5 Å². The number of urea groups is 1. The number of nitrogens with one attached hydrogen (secondary N) is 1. The molecule has 0 radical (unpaired) electrons. The molecule has 9 heteroatoms. The topological polar surface area (TPSA) is 156 Å². The summed E-state index contributed by atoms with van der Waals surface area (Å²) in [4.78, 5) is 43.8. The molecule has 0 unspecified atom stereocenters. The summed E-state index contributed by atoms with van der Waals surface area (Å²) in [6.07, 6.45) is 0. The summed E-state index contributed by atoms with van der Waals surface area (Å²) >= 11 is 0. The Balaban J connectivity index is 4.63. The summed E-state index contributed by atoms with van der Waals surface area (Å²) in [6, 6.07) is -1.16. The third kappa shape index (κ3) is 4.02. The maximum absolute atomic E-state index is 11.2. The Labute approximate surface area is 90.4 Å². The second-order valence-electron chi connectivity index (χ2n) is 2.58. The zero-order valence-corrected chi connectivity index (χ0v) is 8.30. The number of carboxylic acid groups (broad SMARTS) is 1. The van der Waals surface area contributed by atoms with Crippen LogP contribution in [0.5, 0.6) is 0 Å². The van der Waals surface area contributed by atoms with Crippen LogP contribution >= 0.6 is 0 Å². The van der Waals surface area contributed by atoms with E-state index in [1.54, 1.807) is 0 Å². The van der Waals surface area contributed by atoms with Crippen molar-refractivity contribution in [2.75, 3.05) is 19.6 Å². The maximum Gasteiger partial charge on any atom is 0.331 e. The first-order chi connectivity index (χ1) is 7.43. The van der Waals surface area contributed by atoms with Crippen molar-refractivity contribution in [3.8, 4) is 0 Å². The van der Waals surface area contributed by atoms with E-state index in [-0.39, 0.29) is 4.90 Å². The number of carbonyl (C=O) groups excluding carboxylic acids is 3. The van der Waals surface area contributed by atoms with Crippen LogP contribution in [0.2, 0.25) is 0 Å². The van der Waals surface area contributed by atoms with Crippen LogP contribution in [0.4, 0.5) is 4.79 Å². The molecular weight excluding hydrogens is 220 g/mol. The molecule has 0 aromatic carbocycles. The SMILES string of the molecule is NCC(=O)N(C(=O)CN)C(=O)NCC(=O)O. The largest absolute Gasteiger partial charge is 0.480 e. The number of nitrogens with zero attached hydrogens (tertiary/aromatic N) is 1. The van der Waals surface area contributed by atoms with Gasteiger partial charge in [-0.3, -0.25) is 14.4 Å². The van der Waals surface area contributed by atoms with Crippen LogP contribution in [-0.2, 0) is 14.4 Å². The fourth-order valence-electron chi connectivity index (χ4n) is 0.778. The van der Waals surface area contributed by atoms with Gasteiger partial charge in [-0.1, -0.05) is 0 Å². The molecule has 9 nitrogen and oxygen atoms in total. The standard InChI is InChI=1S/C7H12N4O5/c8-1-4(12)11(5(13)2-9)7(16)10-3-6(14)15/h1-3,8-9H2,(H,10,16)(H,14,15). The van der Waals surface area contributed by atoms with Crippen molar-refractivity contribution in [2.45, 2.75) is 0 Å². The van der Waals surface area contributed by atoms with E-state index in [9.17, 15) is 19.2 Å². The van der Waals surface area contributed by atoms with Gasteiger partial charge >= 0.3 is 12.0 Å². The Morgan fingerprint density at radius 2 is 1.50 bits per heavy atom. The zero-order valence-electron chi connectivity index (χ0n) is 8.30. The fraction of sp³-hybridized carbons (Fsp3) is 0.429. The van der Waals surface area contributed by atoms with Crippen LogP contribution in [0.3, 0.4) is 0 Å². The molecule has 0 bridgehead atoms. The molecule has 0 aliphatic carbocycles. The van der Waals surface area contributed by atoms with Crippen LogP contribution in [0.15, 0.2) is 0 Å². The molecule has 0 fully saturated rings. The Kier molecular flexibility index (Phi) is 5.67. The molecule has 6 N–H and O–H groups in total. The summed E-state index contributed by atoms with van der Waals surface area (Å²) in [5.41, 5.74) is 9.96. The molecule has 4 amide bonds. The minimum absolute atomic E-state index is 0.183. The highest BCUT2D eigenvalue weighted by molar-refractivity contribution is 6.11. The highest BCUT2D eigenvalue weighted by Crippen LogP contribution is 1.91. The average molecular weight is 232 g/mol. The smallest absolute Gasteiger partial charge is 0.331 e. The van der Waals surface area contributed by atoms with Crippen molar-refractivity contribution in [1.29, 1.82) is 0 Å². The normalized spacial score (nSPS) is 9.38. The first-order valence-electron chi connectivity index (χ1n) is 4.19.